The first-order valence-electron chi connectivity index (χ1n) is 20.8. The molecule has 5 N–H and O–H groups in total. The van der Waals surface area contributed by atoms with Crippen LogP contribution in [0.5, 0.6) is 17.2 Å². The van der Waals surface area contributed by atoms with Gasteiger partial charge in [-0.3, -0.25) is 4.79 Å². The summed E-state index contributed by atoms with van der Waals surface area (Å²) in [4.78, 5) is 56.9. The summed E-state index contributed by atoms with van der Waals surface area (Å²) in [6.07, 6.45) is 1.93. The number of benzene rings is 3. The summed E-state index contributed by atoms with van der Waals surface area (Å²) in [6.45, 7) is 8.88. The number of ether oxygens (including phenoxy) is 3. The van der Waals surface area contributed by atoms with Gasteiger partial charge in [-0.1, -0.05) is 27.7 Å². The van der Waals surface area contributed by atoms with Gasteiger partial charge < -0.3 is 44.0 Å². The maximum atomic E-state index is 13.7. The average molecular weight is 856 g/mol. The number of nitrogens with zero attached hydrogens (tertiary/aromatic N) is 5. The third-order valence-corrected chi connectivity index (χ3v) is 12.0. The zero-order chi connectivity index (χ0) is 44.3. The molecule has 0 saturated carbocycles. The van der Waals surface area contributed by atoms with Crippen molar-refractivity contribution in [3.8, 4) is 45.7 Å². The minimum Gasteiger partial charge on any atom is -0.508 e. The number of aryl methyl sites for hydroxylation is 1. The molecule has 7 aromatic rings. The Morgan fingerprint density at radius 2 is 1.83 bits per heavy atom. The Kier molecular flexibility index (Phi) is 10.4. The SMILES string of the molecule is CCc1c2c(nc3ccc(OC(=O)NCCOCCn4ccc5cc(-n6c(-c7cc(C(C)C)c(O)cc7O)n[nH]c6=O)ccc54)cc13)-c1cc3c(c(=O)n1C2)COC(=O)C3(O)CC. The number of hydrogen-bond acceptors (Lipinski definition) is 12. The second kappa shape index (κ2) is 15.9. The number of aromatic amines is 1. The number of nitrogens with one attached hydrogen (secondary N) is 2. The van der Waals surface area contributed by atoms with E-state index >= 15 is 0 Å². The van der Waals surface area contributed by atoms with E-state index in [2.05, 4.69) is 15.5 Å². The van der Waals surface area contributed by atoms with Crippen LogP contribution in [-0.2, 0) is 46.0 Å². The number of rotatable bonds is 12. The van der Waals surface area contributed by atoms with Crippen LogP contribution < -0.4 is 21.3 Å². The number of carbonyl (C=O) groups is 2. The number of pyridine rings is 2. The number of fused-ring (bicyclic) bond motifs is 6. The van der Waals surface area contributed by atoms with E-state index in [1.54, 1.807) is 47.9 Å². The lowest BCUT2D eigenvalue weighted by Gasteiger charge is -2.31. The van der Waals surface area contributed by atoms with Crippen molar-refractivity contribution in [2.75, 3.05) is 19.8 Å². The molecule has 17 heteroatoms. The zero-order valence-corrected chi connectivity index (χ0v) is 35.0. The monoisotopic (exact) mass is 855 g/mol. The van der Waals surface area contributed by atoms with Crippen molar-refractivity contribution in [2.45, 2.75) is 71.8 Å². The lowest BCUT2D eigenvalue weighted by atomic mass is 9.86. The van der Waals surface area contributed by atoms with E-state index in [-0.39, 0.29) is 72.7 Å². The molecule has 0 saturated heterocycles. The molecule has 6 heterocycles. The Morgan fingerprint density at radius 3 is 2.60 bits per heavy atom. The highest BCUT2D eigenvalue weighted by Crippen LogP contribution is 2.41. The Hall–Kier alpha value is -7.24. The summed E-state index contributed by atoms with van der Waals surface area (Å²) < 4.78 is 21.7. The standard InChI is InChI=1S/C46H45N7O10/c1-5-28-30-18-27(8-9-35(30)48-40-32(28)22-52-37(40)20-34-33(42(52)56)23-62-43(57)46(34,60)6-2)63-45(59)47-12-15-61-16-14-51-13-11-25-17-26(7-10-36(25)51)53-41(49-50-44(53)58)31-19-29(24(3)4)38(54)21-39(31)55/h7-11,13,17-21,24,54-55,60H,5-6,12,14-16,22-23H2,1-4H3,(H,47,59)(H,50,58). The first-order chi connectivity index (χ1) is 30.3. The maximum Gasteiger partial charge on any atom is 0.412 e. The predicted molar refractivity (Wildman–Crippen MR) is 231 cm³/mol. The highest BCUT2D eigenvalue weighted by atomic mass is 16.6. The number of carbonyl (C=O) groups excluding carboxylic acids is 2. The second-order valence-electron chi connectivity index (χ2n) is 16.0. The normalized spacial score (nSPS) is 15.4. The molecule has 3 aromatic carbocycles. The zero-order valence-electron chi connectivity index (χ0n) is 35.0. The molecule has 0 spiro atoms. The van der Waals surface area contributed by atoms with Gasteiger partial charge in [-0.15, -0.1) is 0 Å². The van der Waals surface area contributed by atoms with Gasteiger partial charge in [-0.25, -0.2) is 29.0 Å². The fraction of sp³-hybridized carbons (Fsp3) is 0.304. The Morgan fingerprint density at radius 1 is 1.00 bits per heavy atom. The van der Waals surface area contributed by atoms with E-state index < -0.39 is 23.4 Å². The highest BCUT2D eigenvalue weighted by molar-refractivity contribution is 5.90. The molecule has 1 amide bonds. The number of H-pyrrole nitrogens is 1. The molecule has 9 rings (SSSR count). The van der Waals surface area contributed by atoms with Crippen LogP contribution in [-0.4, -0.2) is 76.0 Å². The van der Waals surface area contributed by atoms with Gasteiger partial charge >= 0.3 is 17.8 Å². The second-order valence-corrected chi connectivity index (χ2v) is 16.0. The molecule has 0 bridgehead atoms. The number of amides is 1. The fourth-order valence-corrected chi connectivity index (χ4v) is 8.72. The minimum absolute atomic E-state index is 0.0298. The van der Waals surface area contributed by atoms with E-state index in [1.165, 1.54) is 10.6 Å². The van der Waals surface area contributed by atoms with Gasteiger partial charge in [-0.2, -0.15) is 5.10 Å². The number of esters is 1. The first kappa shape index (κ1) is 41.1. The number of hydrogen-bond donors (Lipinski definition) is 5. The molecule has 0 aliphatic carbocycles. The van der Waals surface area contributed by atoms with Crippen molar-refractivity contribution >= 4 is 33.9 Å². The van der Waals surface area contributed by atoms with Crippen LogP contribution in [0.15, 0.2) is 76.4 Å². The number of aromatic hydroxyl groups is 2. The molecule has 324 valence electrons. The van der Waals surface area contributed by atoms with Gasteiger partial charge in [0, 0.05) is 52.8 Å². The van der Waals surface area contributed by atoms with Gasteiger partial charge in [0.2, 0.25) is 0 Å². The summed E-state index contributed by atoms with van der Waals surface area (Å²) in [7, 11) is 0. The molecule has 1 unspecified atom stereocenters. The van der Waals surface area contributed by atoms with Gasteiger partial charge in [-0.05, 0) is 84.5 Å². The third kappa shape index (κ3) is 6.98. The Bertz CT molecular complexity index is 3120. The smallest absolute Gasteiger partial charge is 0.412 e. The van der Waals surface area contributed by atoms with Gasteiger partial charge in [0.15, 0.2) is 11.4 Å². The molecule has 4 aromatic heterocycles. The van der Waals surface area contributed by atoms with Crippen molar-refractivity contribution in [1.82, 2.24) is 34.2 Å². The average Bonchev–Trinajstić information content (AvgIpc) is 3.97. The minimum atomic E-state index is -1.91. The molecule has 63 heavy (non-hydrogen) atoms. The molecule has 17 nitrogen and oxygen atoms in total. The summed E-state index contributed by atoms with van der Waals surface area (Å²) in [5.74, 6) is -0.511. The molecule has 0 radical (unpaired) electrons. The lowest BCUT2D eigenvalue weighted by molar-refractivity contribution is -0.172. The quantitative estimate of drug-likeness (QED) is 0.0762. The van der Waals surface area contributed by atoms with Crippen LogP contribution in [0.2, 0.25) is 0 Å². The number of aromatic nitrogens is 6. The third-order valence-electron chi connectivity index (χ3n) is 12.0. The Labute approximate surface area is 359 Å². The van der Waals surface area contributed by atoms with E-state index in [9.17, 15) is 34.5 Å². The van der Waals surface area contributed by atoms with E-state index in [1.807, 2.05) is 49.7 Å². The van der Waals surface area contributed by atoms with Crippen LogP contribution in [0, 0.1) is 0 Å². The van der Waals surface area contributed by atoms with E-state index in [0.29, 0.717) is 59.0 Å². The van der Waals surface area contributed by atoms with Crippen LogP contribution in [0.1, 0.15) is 67.9 Å². The number of aliphatic hydroxyl groups is 1. The van der Waals surface area contributed by atoms with Crippen molar-refractivity contribution in [3.63, 3.8) is 0 Å². The van der Waals surface area contributed by atoms with Crippen LogP contribution in [0.4, 0.5) is 4.79 Å². The topological polar surface area (TPSA) is 225 Å². The fourth-order valence-electron chi connectivity index (χ4n) is 8.72. The van der Waals surface area contributed by atoms with Crippen molar-refractivity contribution in [3.05, 3.63) is 116 Å². The predicted octanol–water partition coefficient (Wildman–Crippen LogP) is 5.48. The van der Waals surface area contributed by atoms with Crippen LogP contribution in [0.25, 0.3) is 50.3 Å². The van der Waals surface area contributed by atoms with E-state index in [4.69, 9.17) is 19.2 Å². The number of cyclic esters (lactones) is 1. The van der Waals surface area contributed by atoms with Crippen LogP contribution in [0.3, 0.4) is 0 Å². The summed E-state index contributed by atoms with van der Waals surface area (Å²) >= 11 is 0. The molecule has 2 aliphatic heterocycles. The largest absolute Gasteiger partial charge is 0.508 e. The Balaban J connectivity index is 0.816. The molecule has 0 fully saturated rings. The van der Waals surface area contributed by atoms with Crippen LogP contribution >= 0.6 is 0 Å². The first-order valence-corrected chi connectivity index (χ1v) is 20.8. The molecule has 1 atom stereocenters. The number of phenols is 2. The summed E-state index contributed by atoms with van der Waals surface area (Å²) in [6, 6.07) is 17.2. The van der Waals surface area contributed by atoms with Gasteiger partial charge in [0.05, 0.1) is 53.5 Å². The molecular weight excluding hydrogens is 811 g/mol. The van der Waals surface area contributed by atoms with Gasteiger partial charge in [0.1, 0.15) is 23.9 Å². The van der Waals surface area contributed by atoms with E-state index in [0.717, 1.165) is 27.4 Å². The highest BCUT2D eigenvalue weighted by Gasteiger charge is 2.45. The molecule has 2 aliphatic rings. The lowest BCUT2D eigenvalue weighted by Crippen LogP contribution is -2.44. The summed E-state index contributed by atoms with van der Waals surface area (Å²) in [5, 5.41) is 43.3. The van der Waals surface area contributed by atoms with Crippen molar-refractivity contribution < 1.29 is 39.1 Å². The number of phenolic OH excluding ortho intramolecular Hbond substituents is 2. The van der Waals surface area contributed by atoms with Crippen molar-refractivity contribution in [2.24, 2.45) is 0 Å². The summed E-state index contributed by atoms with van der Waals surface area (Å²) in [5.41, 5.74) is 3.73. The molecular formula is C46H45N7O10. The maximum absolute atomic E-state index is 13.7. The van der Waals surface area contributed by atoms with Gasteiger partial charge in [0.25, 0.3) is 5.56 Å². The van der Waals surface area contributed by atoms with Crippen molar-refractivity contribution in [1.29, 1.82) is 0 Å².